The van der Waals surface area contributed by atoms with Crippen LogP contribution in [0.3, 0.4) is 0 Å². The Morgan fingerprint density at radius 1 is 1.10 bits per heavy atom. The molecule has 0 aromatic heterocycles. The van der Waals surface area contributed by atoms with E-state index in [4.69, 9.17) is 4.74 Å². The molecule has 3 aliphatic rings. The molecule has 1 aromatic carbocycles. The maximum Gasteiger partial charge on any atom is 0.312 e. The maximum absolute atomic E-state index is 12.3. The Labute approximate surface area is 177 Å². The molecule has 1 atom stereocenters. The smallest absolute Gasteiger partial charge is 0.312 e. The summed E-state index contributed by atoms with van der Waals surface area (Å²) >= 11 is 0. The van der Waals surface area contributed by atoms with Gasteiger partial charge in [0.2, 0.25) is 0 Å². The van der Waals surface area contributed by atoms with Crippen molar-refractivity contribution < 1.29 is 9.53 Å². The number of anilines is 1. The van der Waals surface area contributed by atoms with E-state index in [2.05, 4.69) is 47.9 Å². The van der Waals surface area contributed by atoms with Gasteiger partial charge in [0.1, 0.15) is 6.10 Å². The summed E-state index contributed by atoms with van der Waals surface area (Å²) in [4.78, 5) is 17.4. The zero-order valence-corrected chi connectivity index (χ0v) is 17.7. The van der Waals surface area contributed by atoms with Gasteiger partial charge in [0.15, 0.2) is 0 Å². The summed E-state index contributed by atoms with van der Waals surface area (Å²) in [5.41, 5.74) is 2.77. The van der Waals surface area contributed by atoms with Crippen LogP contribution in [0, 0.1) is 5.41 Å². The highest BCUT2D eigenvalue weighted by molar-refractivity contribution is 5.79. The Hall–Kier alpha value is -1.55. The Balaban J connectivity index is 0.00000240. The molecule has 162 valence electrons. The number of esters is 1. The van der Waals surface area contributed by atoms with Crippen molar-refractivity contribution in [3.05, 3.63) is 29.8 Å². The zero-order valence-electron chi connectivity index (χ0n) is 17.7. The quantitative estimate of drug-likeness (QED) is 0.613. The molecular formula is C25H40N2O2. The van der Waals surface area contributed by atoms with E-state index < -0.39 is 0 Å². The van der Waals surface area contributed by atoms with Crippen LogP contribution >= 0.6 is 0 Å². The van der Waals surface area contributed by atoms with Crippen LogP contribution in [0.2, 0.25) is 0 Å². The monoisotopic (exact) mass is 400 g/mol. The van der Waals surface area contributed by atoms with Crippen LogP contribution in [-0.2, 0) is 9.53 Å². The molecule has 1 aromatic rings. The third kappa shape index (κ3) is 4.79. The summed E-state index contributed by atoms with van der Waals surface area (Å²) in [6, 6.07) is 8.86. The van der Waals surface area contributed by atoms with E-state index >= 15 is 0 Å². The van der Waals surface area contributed by atoms with E-state index in [0.717, 1.165) is 64.8 Å². The van der Waals surface area contributed by atoms with E-state index in [1.165, 1.54) is 24.1 Å². The zero-order chi connectivity index (χ0) is 19.6. The fraction of sp³-hybridized carbons (Fsp3) is 0.720. The van der Waals surface area contributed by atoms with E-state index in [9.17, 15) is 4.79 Å². The Kier molecular flexibility index (Phi) is 7.26. The highest BCUT2D eigenvalue weighted by Crippen LogP contribution is 2.48. The van der Waals surface area contributed by atoms with Crippen LogP contribution in [0.1, 0.15) is 77.7 Å². The summed E-state index contributed by atoms with van der Waals surface area (Å²) in [6.45, 7) is 10.1. The first kappa shape index (κ1) is 22.1. The molecule has 0 N–H and O–H groups in total. The Morgan fingerprint density at radius 3 is 2.48 bits per heavy atom. The van der Waals surface area contributed by atoms with Gasteiger partial charge in [-0.3, -0.25) is 9.69 Å². The normalized spacial score (nSPS) is 24.2. The van der Waals surface area contributed by atoms with Gasteiger partial charge in [0.25, 0.3) is 0 Å². The van der Waals surface area contributed by atoms with Crippen molar-refractivity contribution in [1.82, 2.24) is 4.90 Å². The van der Waals surface area contributed by atoms with Crippen LogP contribution in [0.15, 0.2) is 24.3 Å². The van der Waals surface area contributed by atoms with Crippen LogP contribution in [0.4, 0.5) is 5.69 Å². The average Bonchev–Trinajstić information content (AvgIpc) is 3.30. The fourth-order valence-corrected chi connectivity index (χ4v) is 5.48. The Morgan fingerprint density at radius 2 is 1.79 bits per heavy atom. The van der Waals surface area contributed by atoms with Crippen molar-refractivity contribution in [3.8, 4) is 0 Å². The molecule has 1 spiro atoms. The molecular weight excluding hydrogens is 360 g/mol. The second-order valence-corrected chi connectivity index (χ2v) is 9.40. The number of carbonyl (C=O) groups is 1. The third-order valence-electron chi connectivity index (χ3n) is 7.16. The van der Waals surface area contributed by atoms with E-state index in [1.807, 2.05) is 0 Å². The van der Waals surface area contributed by atoms with E-state index in [-0.39, 0.29) is 24.9 Å². The van der Waals surface area contributed by atoms with Crippen LogP contribution in [-0.4, -0.2) is 49.7 Å². The van der Waals surface area contributed by atoms with E-state index in [0.29, 0.717) is 5.92 Å². The molecule has 2 aliphatic heterocycles. The number of ether oxygens (including phenoxy) is 1. The Bertz CT molecular complexity index is 673. The summed E-state index contributed by atoms with van der Waals surface area (Å²) < 4.78 is 5.73. The molecule has 4 rings (SSSR count). The molecule has 0 amide bonds. The summed E-state index contributed by atoms with van der Waals surface area (Å²) in [5, 5.41) is 0. The first-order valence-corrected chi connectivity index (χ1v) is 11.3. The molecule has 1 aliphatic carbocycles. The lowest BCUT2D eigenvalue weighted by molar-refractivity contribution is -0.148. The molecule has 0 radical (unpaired) electrons. The highest BCUT2D eigenvalue weighted by Gasteiger charge is 2.50. The van der Waals surface area contributed by atoms with Crippen LogP contribution in [0.5, 0.6) is 0 Å². The molecule has 4 heteroatoms. The molecule has 1 saturated carbocycles. The first-order valence-electron chi connectivity index (χ1n) is 11.3. The predicted molar refractivity (Wildman–Crippen MR) is 121 cm³/mol. The van der Waals surface area contributed by atoms with Crippen molar-refractivity contribution in [2.24, 2.45) is 5.41 Å². The number of hydrogen-bond donors (Lipinski definition) is 0. The molecule has 4 nitrogen and oxygen atoms in total. The van der Waals surface area contributed by atoms with Gasteiger partial charge in [-0.1, -0.05) is 52.3 Å². The number of carbonyl (C=O) groups excluding carboxylic acids is 1. The number of nitrogens with zero attached hydrogens (tertiary/aromatic N) is 2. The molecule has 0 bridgehead atoms. The van der Waals surface area contributed by atoms with Crippen LogP contribution in [0.25, 0.3) is 0 Å². The average molecular weight is 401 g/mol. The van der Waals surface area contributed by atoms with Gasteiger partial charge >= 0.3 is 5.97 Å². The second kappa shape index (κ2) is 9.51. The van der Waals surface area contributed by atoms with Crippen molar-refractivity contribution in [2.45, 2.75) is 78.2 Å². The maximum atomic E-state index is 12.3. The minimum Gasteiger partial charge on any atom is -0.462 e. The predicted octanol–water partition coefficient (Wildman–Crippen LogP) is 5.22. The fourth-order valence-electron chi connectivity index (χ4n) is 5.48. The van der Waals surface area contributed by atoms with Gasteiger partial charge < -0.3 is 9.64 Å². The molecule has 29 heavy (non-hydrogen) atoms. The number of cyclic esters (lactones) is 1. The van der Waals surface area contributed by atoms with Crippen molar-refractivity contribution in [1.29, 1.82) is 0 Å². The summed E-state index contributed by atoms with van der Waals surface area (Å²) in [7, 11) is 0. The van der Waals surface area contributed by atoms with E-state index in [1.54, 1.807) is 0 Å². The largest absolute Gasteiger partial charge is 0.462 e. The second-order valence-electron chi connectivity index (χ2n) is 9.40. The van der Waals surface area contributed by atoms with Gasteiger partial charge in [-0.2, -0.15) is 0 Å². The highest BCUT2D eigenvalue weighted by atomic mass is 16.6. The van der Waals surface area contributed by atoms with Gasteiger partial charge in [-0.15, -0.1) is 0 Å². The number of benzene rings is 1. The van der Waals surface area contributed by atoms with Crippen molar-refractivity contribution in [3.63, 3.8) is 0 Å². The number of para-hydroxylation sites is 1. The molecule has 1 unspecified atom stereocenters. The van der Waals surface area contributed by atoms with Crippen molar-refractivity contribution >= 4 is 11.7 Å². The molecule has 2 heterocycles. The number of hydrogen-bond acceptors (Lipinski definition) is 4. The van der Waals surface area contributed by atoms with Crippen LogP contribution < -0.4 is 4.90 Å². The molecule has 3 fully saturated rings. The van der Waals surface area contributed by atoms with Gasteiger partial charge in [0, 0.05) is 38.3 Å². The third-order valence-corrected chi connectivity index (χ3v) is 7.16. The minimum atomic E-state index is -0.0971. The lowest BCUT2D eigenvalue weighted by Gasteiger charge is -2.37. The molecule has 2 saturated heterocycles. The lowest BCUT2D eigenvalue weighted by Crippen LogP contribution is -2.47. The number of piperazine rings is 1. The topological polar surface area (TPSA) is 32.8 Å². The standard InChI is InChI=1S/C24H36N2O2.CH4/c1-19(2)21-9-3-4-10-22(21)26-16-14-25(15-17-26)13-7-8-20-18-24(23(27)28-20)11-5-6-12-24;/h3-4,9-10,19-20H,5-8,11-18H2,1-2H3;1H4. The SMILES string of the molecule is C.CC(C)c1ccccc1N1CCN(CCCC2CC3(CCCC3)C(=O)O2)CC1. The lowest BCUT2D eigenvalue weighted by atomic mass is 9.82. The summed E-state index contributed by atoms with van der Waals surface area (Å²) in [5.74, 6) is 0.666. The minimum absolute atomic E-state index is 0. The first-order chi connectivity index (χ1) is 13.6. The van der Waals surface area contributed by atoms with Gasteiger partial charge in [-0.25, -0.2) is 0 Å². The number of rotatable bonds is 6. The van der Waals surface area contributed by atoms with Crippen molar-refractivity contribution in [2.75, 3.05) is 37.6 Å². The van der Waals surface area contributed by atoms with Gasteiger partial charge in [0.05, 0.1) is 5.41 Å². The van der Waals surface area contributed by atoms with Gasteiger partial charge in [-0.05, 0) is 49.8 Å². The summed E-state index contributed by atoms with van der Waals surface area (Å²) in [6.07, 6.45) is 7.83.